The maximum Gasteiger partial charge on any atom is 0.258 e. The van der Waals surface area contributed by atoms with Crippen LogP contribution in [0.1, 0.15) is 5.69 Å². The molecular weight excluding hydrogens is 402 g/mol. The molecule has 3 heterocycles. The molecule has 0 aliphatic carbocycles. The molecule has 0 radical (unpaired) electrons. The molecule has 0 unspecified atom stereocenters. The van der Waals surface area contributed by atoms with Crippen LogP contribution in [0.3, 0.4) is 0 Å². The molecule has 27 heavy (non-hydrogen) atoms. The van der Waals surface area contributed by atoms with Gasteiger partial charge in [-0.05, 0) is 24.3 Å². The average Bonchev–Trinajstić information content (AvgIpc) is 3.29. The predicted octanol–water partition coefficient (Wildman–Crippen LogP) is 4.15. The van der Waals surface area contributed by atoms with Crippen molar-refractivity contribution >= 4 is 39.7 Å². The topological polar surface area (TPSA) is 65.1 Å². The molecule has 0 spiro atoms. The van der Waals surface area contributed by atoms with Gasteiger partial charge < -0.3 is 0 Å². The number of rotatable bonds is 6. The van der Waals surface area contributed by atoms with Gasteiger partial charge in [0.05, 0.1) is 5.69 Å². The van der Waals surface area contributed by atoms with E-state index >= 15 is 0 Å². The lowest BCUT2D eigenvalue weighted by atomic mass is 10.2. The van der Waals surface area contributed by atoms with Crippen molar-refractivity contribution in [3.05, 3.63) is 75.6 Å². The van der Waals surface area contributed by atoms with Crippen molar-refractivity contribution in [1.82, 2.24) is 24.1 Å². The molecule has 0 saturated heterocycles. The standard InChI is InChI=1S/C18H14ClN5OS2/c1-2-7-24-16(12-3-5-13(19)6-4-12)21-22-18(24)27-11-14-10-15(25)23-8-9-26-17(23)20-14/h2-6,8-10H,1,7,11H2. The van der Waals surface area contributed by atoms with Crippen molar-refractivity contribution in [3.63, 3.8) is 0 Å². The van der Waals surface area contributed by atoms with Crippen molar-refractivity contribution in [2.75, 3.05) is 0 Å². The van der Waals surface area contributed by atoms with Crippen LogP contribution in [-0.2, 0) is 12.3 Å². The van der Waals surface area contributed by atoms with Gasteiger partial charge in [-0.25, -0.2) is 4.98 Å². The Morgan fingerprint density at radius 1 is 1.26 bits per heavy atom. The Morgan fingerprint density at radius 3 is 2.85 bits per heavy atom. The van der Waals surface area contributed by atoms with Gasteiger partial charge >= 0.3 is 0 Å². The number of nitrogens with zero attached hydrogens (tertiary/aromatic N) is 5. The Hall–Kier alpha value is -2.42. The second kappa shape index (κ2) is 7.67. The first kappa shape index (κ1) is 18.0. The number of aromatic nitrogens is 5. The van der Waals surface area contributed by atoms with Gasteiger partial charge in [0.25, 0.3) is 5.56 Å². The van der Waals surface area contributed by atoms with E-state index in [9.17, 15) is 4.79 Å². The van der Waals surface area contributed by atoms with Gasteiger partial charge in [-0.3, -0.25) is 13.8 Å². The lowest BCUT2D eigenvalue weighted by Gasteiger charge is -2.08. The fourth-order valence-corrected chi connectivity index (χ4v) is 4.31. The number of thioether (sulfide) groups is 1. The third-order valence-corrected chi connectivity index (χ3v) is 5.85. The number of fused-ring (bicyclic) bond motifs is 1. The highest BCUT2D eigenvalue weighted by Crippen LogP contribution is 2.27. The lowest BCUT2D eigenvalue weighted by molar-refractivity contribution is 0.731. The van der Waals surface area contributed by atoms with Gasteiger partial charge in [-0.2, -0.15) is 0 Å². The summed E-state index contributed by atoms with van der Waals surface area (Å²) < 4.78 is 3.52. The molecule has 1 aromatic carbocycles. The fraction of sp³-hybridized carbons (Fsp3) is 0.111. The molecule has 0 amide bonds. The van der Waals surface area contributed by atoms with E-state index in [0.29, 0.717) is 28.0 Å². The zero-order valence-corrected chi connectivity index (χ0v) is 16.5. The minimum atomic E-state index is -0.0775. The molecule has 6 nitrogen and oxygen atoms in total. The highest BCUT2D eigenvalue weighted by Gasteiger charge is 2.14. The van der Waals surface area contributed by atoms with Crippen molar-refractivity contribution in [3.8, 4) is 11.4 Å². The number of halogens is 1. The minimum absolute atomic E-state index is 0.0775. The molecule has 0 aliphatic heterocycles. The van der Waals surface area contributed by atoms with E-state index in [4.69, 9.17) is 11.6 Å². The SMILES string of the molecule is C=CCn1c(SCc2cc(=O)n3ccsc3n2)nnc1-c1ccc(Cl)cc1. The van der Waals surface area contributed by atoms with E-state index < -0.39 is 0 Å². The third-order valence-electron chi connectivity index (χ3n) is 3.84. The molecule has 9 heteroatoms. The van der Waals surface area contributed by atoms with Crippen LogP contribution in [-0.4, -0.2) is 24.1 Å². The summed E-state index contributed by atoms with van der Waals surface area (Å²) >= 11 is 8.90. The number of hydrogen-bond acceptors (Lipinski definition) is 6. The summed E-state index contributed by atoms with van der Waals surface area (Å²) in [6, 6.07) is 9.02. The normalized spacial score (nSPS) is 11.1. The van der Waals surface area contributed by atoms with Gasteiger partial charge in [0.15, 0.2) is 15.9 Å². The summed E-state index contributed by atoms with van der Waals surface area (Å²) in [5.41, 5.74) is 1.57. The summed E-state index contributed by atoms with van der Waals surface area (Å²) in [5.74, 6) is 1.27. The minimum Gasteiger partial charge on any atom is -0.298 e. The van der Waals surface area contributed by atoms with E-state index in [1.54, 1.807) is 18.3 Å². The lowest BCUT2D eigenvalue weighted by Crippen LogP contribution is -2.12. The Bertz CT molecular complexity index is 1160. The fourth-order valence-electron chi connectivity index (χ4n) is 2.60. The Morgan fingerprint density at radius 2 is 2.07 bits per heavy atom. The van der Waals surface area contributed by atoms with Crippen LogP contribution in [0, 0.1) is 0 Å². The molecular formula is C18H14ClN5OS2. The van der Waals surface area contributed by atoms with Crippen molar-refractivity contribution in [2.24, 2.45) is 0 Å². The summed E-state index contributed by atoms with van der Waals surface area (Å²) in [6.07, 6.45) is 3.53. The van der Waals surface area contributed by atoms with Gasteiger partial charge in [-0.1, -0.05) is 29.4 Å². The smallest absolute Gasteiger partial charge is 0.258 e. The van der Waals surface area contributed by atoms with Gasteiger partial charge in [0.2, 0.25) is 0 Å². The number of thiazole rings is 1. The molecule has 0 bridgehead atoms. The summed E-state index contributed by atoms with van der Waals surface area (Å²) in [6.45, 7) is 4.40. The molecule has 4 rings (SSSR count). The summed E-state index contributed by atoms with van der Waals surface area (Å²) in [4.78, 5) is 17.3. The van der Waals surface area contributed by atoms with Crippen molar-refractivity contribution in [2.45, 2.75) is 17.5 Å². The number of allylic oxidation sites excluding steroid dienone is 1. The van der Waals surface area contributed by atoms with Crippen molar-refractivity contribution < 1.29 is 0 Å². The second-order valence-corrected chi connectivity index (χ2v) is 7.89. The molecule has 0 N–H and O–H groups in total. The highest BCUT2D eigenvalue weighted by molar-refractivity contribution is 7.98. The van der Waals surface area contributed by atoms with Crippen LogP contribution in [0.5, 0.6) is 0 Å². The molecule has 0 atom stereocenters. The molecule has 136 valence electrons. The molecule has 4 aromatic rings. The van der Waals surface area contributed by atoms with Crippen LogP contribution in [0.2, 0.25) is 5.02 Å². The largest absolute Gasteiger partial charge is 0.298 e. The Labute approximate surface area is 168 Å². The Balaban J connectivity index is 1.62. The maximum atomic E-state index is 12.1. The van der Waals surface area contributed by atoms with Crippen LogP contribution in [0.25, 0.3) is 16.3 Å². The van der Waals surface area contributed by atoms with Gasteiger partial charge in [0, 0.05) is 40.5 Å². The second-order valence-electron chi connectivity index (χ2n) is 5.64. The van der Waals surface area contributed by atoms with E-state index in [1.807, 2.05) is 34.2 Å². The van der Waals surface area contributed by atoms with Crippen LogP contribution in [0.15, 0.2) is 64.5 Å². The number of benzene rings is 1. The van der Waals surface area contributed by atoms with Crippen LogP contribution >= 0.6 is 34.7 Å². The maximum absolute atomic E-state index is 12.1. The summed E-state index contributed by atoms with van der Waals surface area (Å²) in [5, 5.41) is 11.9. The quantitative estimate of drug-likeness (QED) is 0.349. The van der Waals surface area contributed by atoms with Crippen molar-refractivity contribution in [1.29, 1.82) is 0 Å². The van der Waals surface area contributed by atoms with Crippen LogP contribution < -0.4 is 5.56 Å². The van der Waals surface area contributed by atoms with E-state index in [2.05, 4.69) is 21.8 Å². The predicted molar refractivity (Wildman–Crippen MR) is 110 cm³/mol. The van der Waals surface area contributed by atoms with Gasteiger partial charge in [0.1, 0.15) is 0 Å². The van der Waals surface area contributed by atoms with E-state index in [0.717, 1.165) is 16.5 Å². The van der Waals surface area contributed by atoms with E-state index in [-0.39, 0.29) is 5.56 Å². The van der Waals surface area contributed by atoms with E-state index in [1.165, 1.54) is 27.5 Å². The first-order chi connectivity index (χ1) is 13.2. The molecule has 3 aromatic heterocycles. The molecule has 0 aliphatic rings. The highest BCUT2D eigenvalue weighted by atomic mass is 35.5. The average molecular weight is 416 g/mol. The monoisotopic (exact) mass is 415 g/mol. The van der Waals surface area contributed by atoms with Crippen LogP contribution in [0.4, 0.5) is 0 Å². The number of hydrogen-bond donors (Lipinski definition) is 0. The first-order valence-electron chi connectivity index (χ1n) is 8.04. The summed E-state index contributed by atoms with van der Waals surface area (Å²) in [7, 11) is 0. The first-order valence-corrected chi connectivity index (χ1v) is 10.3. The third kappa shape index (κ3) is 3.69. The zero-order valence-electron chi connectivity index (χ0n) is 14.1. The Kier molecular flexibility index (Phi) is 5.11. The zero-order chi connectivity index (χ0) is 18.8. The molecule has 0 fully saturated rings. The van der Waals surface area contributed by atoms with Gasteiger partial charge in [-0.15, -0.1) is 28.1 Å². The molecule has 0 saturated carbocycles.